The van der Waals surface area contributed by atoms with Crippen LogP contribution in [0.25, 0.3) is 0 Å². The van der Waals surface area contributed by atoms with Crippen LogP contribution in [0.15, 0.2) is 18.2 Å². The van der Waals surface area contributed by atoms with Crippen molar-refractivity contribution < 1.29 is 19.0 Å². The van der Waals surface area contributed by atoms with Crippen molar-refractivity contribution in [1.82, 2.24) is 0 Å². The molecule has 0 bridgehead atoms. The Morgan fingerprint density at radius 1 is 1.47 bits per heavy atom. The predicted octanol–water partition coefficient (Wildman–Crippen LogP) is 0.848. The second-order valence-electron chi connectivity index (χ2n) is 3.75. The van der Waals surface area contributed by atoms with Gasteiger partial charge in [0.05, 0.1) is 6.61 Å². The van der Waals surface area contributed by atoms with Crippen LogP contribution < -0.4 is 15.2 Å². The Balaban J connectivity index is 2.01. The summed E-state index contributed by atoms with van der Waals surface area (Å²) in [5, 5.41) is 0. The molecular weight excluding hydrogens is 222 g/mol. The molecule has 2 rings (SSSR count). The minimum absolute atomic E-state index is 0.239. The number of ether oxygens (including phenoxy) is 3. The molecule has 0 aromatic heterocycles. The topological polar surface area (TPSA) is 70.8 Å². The minimum atomic E-state index is -0.643. The van der Waals surface area contributed by atoms with Crippen molar-refractivity contribution in [3.8, 4) is 11.5 Å². The van der Waals surface area contributed by atoms with Crippen molar-refractivity contribution in [3.05, 3.63) is 23.8 Å². The molecule has 92 valence electrons. The first kappa shape index (κ1) is 11.7. The van der Waals surface area contributed by atoms with Crippen molar-refractivity contribution in [2.75, 3.05) is 13.4 Å². The van der Waals surface area contributed by atoms with Gasteiger partial charge in [-0.2, -0.15) is 0 Å². The molecule has 1 aliphatic heterocycles. The molecule has 2 N–H and O–H groups in total. The van der Waals surface area contributed by atoms with Crippen molar-refractivity contribution >= 4 is 5.97 Å². The van der Waals surface area contributed by atoms with Crippen LogP contribution in [0.2, 0.25) is 0 Å². The number of carbonyl (C=O) groups is 1. The standard InChI is InChI=1S/C12H15NO4/c1-2-15-12(14)9(13)5-8-3-4-10-11(6-8)17-7-16-10/h3-4,6,9H,2,5,7,13H2,1H3/t9-/m1/s1. The van der Waals surface area contributed by atoms with E-state index in [1.54, 1.807) is 6.92 Å². The molecule has 1 aromatic rings. The average Bonchev–Trinajstić information content (AvgIpc) is 2.76. The molecule has 1 heterocycles. The summed E-state index contributed by atoms with van der Waals surface area (Å²) in [5.74, 6) is 1.03. The van der Waals surface area contributed by atoms with Crippen molar-refractivity contribution in [3.63, 3.8) is 0 Å². The highest BCUT2D eigenvalue weighted by atomic mass is 16.7. The van der Waals surface area contributed by atoms with E-state index in [0.717, 1.165) is 11.3 Å². The number of esters is 1. The van der Waals surface area contributed by atoms with E-state index in [0.29, 0.717) is 18.8 Å². The van der Waals surface area contributed by atoms with Gasteiger partial charge in [-0.1, -0.05) is 6.07 Å². The van der Waals surface area contributed by atoms with E-state index in [1.165, 1.54) is 0 Å². The maximum Gasteiger partial charge on any atom is 0.323 e. The summed E-state index contributed by atoms with van der Waals surface area (Å²) in [4.78, 5) is 11.4. The number of carbonyl (C=O) groups excluding carboxylic acids is 1. The molecule has 0 saturated carbocycles. The van der Waals surface area contributed by atoms with Gasteiger partial charge in [0.1, 0.15) is 6.04 Å². The Hall–Kier alpha value is -1.75. The average molecular weight is 237 g/mol. The Labute approximate surface area is 99.5 Å². The summed E-state index contributed by atoms with van der Waals surface area (Å²) < 4.78 is 15.3. The van der Waals surface area contributed by atoms with E-state index in [2.05, 4.69) is 0 Å². The number of rotatable bonds is 4. The summed E-state index contributed by atoms with van der Waals surface area (Å²) >= 11 is 0. The molecule has 0 fully saturated rings. The number of benzene rings is 1. The molecule has 1 aliphatic rings. The molecule has 17 heavy (non-hydrogen) atoms. The molecule has 0 saturated heterocycles. The molecule has 0 aliphatic carbocycles. The van der Waals surface area contributed by atoms with E-state index in [1.807, 2.05) is 18.2 Å². The summed E-state index contributed by atoms with van der Waals surface area (Å²) in [6.07, 6.45) is 0.426. The van der Waals surface area contributed by atoms with E-state index >= 15 is 0 Å². The lowest BCUT2D eigenvalue weighted by atomic mass is 10.1. The molecule has 1 atom stereocenters. The summed E-state index contributed by atoms with van der Waals surface area (Å²) in [6.45, 7) is 2.33. The summed E-state index contributed by atoms with van der Waals surface area (Å²) in [7, 11) is 0. The smallest absolute Gasteiger partial charge is 0.323 e. The normalized spacial score (nSPS) is 14.5. The third-order valence-corrected chi connectivity index (χ3v) is 2.48. The minimum Gasteiger partial charge on any atom is -0.465 e. The second kappa shape index (κ2) is 5.05. The molecule has 0 radical (unpaired) electrons. The zero-order valence-corrected chi connectivity index (χ0v) is 9.64. The van der Waals surface area contributed by atoms with Crippen LogP contribution in [0.3, 0.4) is 0 Å². The monoisotopic (exact) mass is 237 g/mol. The first-order valence-corrected chi connectivity index (χ1v) is 5.51. The van der Waals surface area contributed by atoms with Gasteiger partial charge < -0.3 is 19.9 Å². The fraction of sp³-hybridized carbons (Fsp3) is 0.417. The van der Waals surface area contributed by atoms with Gasteiger partial charge in [-0.3, -0.25) is 4.79 Å². The predicted molar refractivity (Wildman–Crippen MR) is 60.9 cm³/mol. The Morgan fingerprint density at radius 2 is 2.24 bits per heavy atom. The van der Waals surface area contributed by atoms with Crippen LogP contribution in [0.4, 0.5) is 0 Å². The summed E-state index contributed by atoms with van der Waals surface area (Å²) in [5.41, 5.74) is 6.66. The van der Waals surface area contributed by atoms with E-state index in [-0.39, 0.29) is 12.8 Å². The van der Waals surface area contributed by atoms with Crippen LogP contribution in [-0.4, -0.2) is 25.4 Å². The van der Waals surface area contributed by atoms with Gasteiger partial charge in [-0.05, 0) is 31.0 Å². The Kier molecular flexibility index (Phi) is 3.49. The van der Waals surface area contributed by atoms with Crippen molar-refractivity contribution in [2.24, 2.45) is 5.73 Å². The quantitative estimate of drug-likeness (QED) is 0.786. The van der Waals surface area contributed by atoms with Crippen LogP contribution >= 0.6 is 0 Å². The second-order valence-corrected chi connectivity index (χ2v) is 3.75. The zero-order valence-electron chi connectivity index (χ0n) is 9.64. The fourth-order valence-electron chi connectivity index (χ4n) is 1.65. The van der Waals surface area contributed by atoms with Gasteiger partial charge in [0.25, 0.3) is 0 Å². The van der Waals surface area contributed by atoms with Crippen LogP contribution in [-0.2, 0) is 16.0 Å². The molecule has 5 nitrogen and oxygen atoms in total. The van der Waals surface area contributed by atoms with Gasteiger partial charge in [-0.25, -0.2) is 0 Å². The third-order valence-electron chi connectivity index (χ3n) is 2.48. The largest absolute Gasteiger partial charge is 0.465 e. The highest BCUT2D eigenvalue weighted by molar-refractivity contribution is 5.75. The first-order valence-electron chi connectivity index (χ1n) is 5.51. The first-order chi connectivity index (χ1) is 8.20. The van der Waals surface area contributed by atoms with Crippen LogP contribution in [0, 0.1) is 0 Å². The lowest BCUT2D eigenvalue weighted by Gasteiger charge is -2.10. The molecule has 1 aromatic carbocycles. The van der Waals surface area contributed by atoms with Gasteiger partial charge in [0, 0.05) is 0 Å². The number of hydrogen-bond donors (Lipinski definition) is 1. The number of hydrogen-bond acceptors (Lipinski definition) is 5. The number of fused-ring (bicyclic) bond motifs is 1. The highest BCUT2D eigenvalue weighted by Gasteiger charge is 2.18. The van der Waals surface area contributed by atoms with Gasteiger partial charge in [0.15, 0.2) is 11.5 Å². The molecule has 5 heteroatoms. The molecule has 0 unspecified atom stereocenters. The SMILES string of the molecule is CCOC(=O)[C@H](N)Cc1ccc2c(c1)OCO2. The fourth-order valence-corrected chi connectivity index (χ4v) is 1.65. The maximum absolute atomic E-state index is 11.4. The molecule has 0 spiro atoms. The van der Waals surface area contributed by atoms with Crippen molar-refractivity contribution in [2.45, 2.75) is 19.4 Å². The number of nitrogens with two attached hydrogens (primary N) is 1. The Bertz CT molecular complexity index is 419. The van der Waals surface area contributed by atoms with Crippen molar-refractivity contribution in [1.29, 1.82) is 0 Å². The lowest BCUT2D eigenvalue weighted by molar-refractivity contribution is -0.144. The van der Waals surface area contributed by atoms with E-state index < -0.39 is 6.04 Å². The van der Waals surface area contributed by atoms with E-state index in [4.69, 9.17) is 19.9 Å². The maximum atomic E-state index is 11.4. The van der Waals surface area contributed by atoms with Crippen LogP contribution in [0.1, 0.15) is 12.5 Å². The van der Waals surface area contributed by atoms with E-state index in [9.17, 15) is 4.79 Å². The summed E-state index contributed by atoms with van der Waals surface area (Å²) in [6, 6.07) is 4.87. The molecular formula is C12H15NO4. The Morgan fingerprint density at radius 3 is 3.00 bits per heavy atom. The van der Waals surface area contributed by atoms with Gasteiger partial charge in [0.2, 0.25) is 6.79 Å². The van der Waals surface area contributed by atoms with Gasteiger partial charge in [-0.15, -0.1) is 0 Å². The van der Waals surface area contributed by atoms with Gasteiger partial charge >= 0.3 is 5.97 Å². The van der Waals surface area contributed by atoms with Crippen LogP contribution in [0.5, 0.6) is 11.5 Å². The highest BCUT2D eigenvalue weighted by Crippen LogP contribution is 2.32. The molecule has 0 amide bonds. The third kappa shape index (κ3) is 2.68. The zero-order chi connectivity index (χ0) is 12.3. The lowest BCUT2D eigenvalue weighted by Crippen LogP contribution is -2.34.